The Labute approximate surface area is 136 Å². The summed E-state index contributed by atoms with van der Waals surface area (Å²) in [5.41, 5.74) is 3.64. The summed E-state index contributed by atoms with van der Waals surface area (Å²) in [5, 5.41) is 2.60. The van der Waals surface area contributed by atoms with Crippen molar-refractivity contribution in [1.82, 2.24) is 4.72 Å². The van der Waals surface area contributed by atoms with E-state index in [0.717, 1.165) is 16.7 Å². The number of carbonyl (C=O) groups excluding carboxylic acids is 1. The molecule has 0 heterocycles. The molecule has 0 unspecified atom stereocenters. The van der Waals surface area contributed by atoms with Crippen molar-refractivity contribution >= 4 is 21.6 Å². The molecule has 1 amide bonds. The third-order valence-corrected chi connectivity index (χ3v) is 4.86. The van der Waals surface area contributed by atoms with Crippen molar-refractivity contribution in [2.24, 2.45) is 0 Å². The number of carbonyl (C=O) groups is 1. The molecule has 122 valence electrons. The molecule has 2 rings (SSSR count). The summed E-state index contributed by atoms with van der Waals surface area (Å²) in [6.45, 7) is 5.56. The zero-order chi connectivity index (χ0) is 17.0. The van der Waals surface area contributed by atoms with Gasteiger partial charge in [0.1, 0.15) is 0 Å². The van der Waals surface area contributed by atoms with Gasteiger partial charge in [-0.3, -0.25) is 4.79 Å². The predicted octanol–water partition coefficient (Wildman–Crippen LogP) is 2.74. The lowest BCUT2D eigenvalue weighted by atomic mass is 10.1. The second-order valence-corrected chi connectivity index (χ2v) is 7.23. The van der Waals surface area contributed by atoms with Crippen LogP contribution >= 0.6 is 0 Å². The van der Waals surface area contributed by atoms with E-state index in [1.165, 1.54) is 19.1 Å². The lowest BCUT2D eigenvalue weighted by molar-refractivity contribution is -0.114. The number of rotatable bonds is 5. The molecule has 0 saturated heterocycles. The molecule has 2 aromatic carbocycles. The third-order valence-electron chi connectivity index (χ3n) is 3.44. The molecule has 0 fully saturated rings. The summed E-state index contributed by atoms with van der Waals surface area (Å²) in [4.78, 5) is 11.1. The highest BCUT2D eigenvalue weighted by molar-refractivity contribution is 7.89. The number of amides is 1. The van der Waals surface area contributed by atoms with Crippen LogP contribution in [-0.2, 0) is 21.4 Å². The number of hydrogen-bond donors (Lipinski definition) is 2. The molecule has 0 aromatic heterocycles. The SMILES string of the molecule is CC(=O)Nc1ccc(S(=O)(=O)NCc2cc(C)ccc2C)cc1. The van der Waals surface area contributed by atoms with Crippen LogP contribution in [0.5, 0.6) is 0 Å². The van der Waals surface area contributed by atoms with E-state index in [0.29, 0.717) is 5.69 Å². The fourth-order valence-corrected chi connectivity index (χ4v) is 3.17. The van der Waals surface area contributed by atoms with Gasteiger partial charge < -0.3 is 5.32 Å². The summed E-state index contributed by atoms with van der Waals surface area (Å²) < 4.78 is 27.3. The maximum absolute atomic E-state index is 12.3. The smallest absolute Gasteiger partial charge is 0.240 e. The lowest BCUT2D eigenvalue weighted by Gasteiger charge is -2.10. The van der Waals surface area contributed by atoms with Gasteiger partial charge in [-0.05, 0) is 49.2 Å². The third kappa shape index (κ3) is 4.64. The lowest BCUT2D eigenvalue weighted by Crippen LogP contribution is -2.23. The molecule has 0 radical (unpaired) electrons. The standard InChI is InChI=1S/C17H20N2O3S/c1-12-4-5-13(2)15(10-12)11-18-23(21,22)17-8-6-16(7-9-17)19-14(3)20/h4-10,18H,11H2,1-3H3,(H,19,20). The molecule has 2 N–H and O–H groups in total. The van der Waals surface area contributed by atoms with E-state index < -0.39 is 10.0 Å². The highest BCUT2D eigenvalue weighted by Crippen LogP contribution is 2.16. The molecule has 6 heteroatoms. The van der Waals surface area contributed by atoms with Crippen molar-refractivity contribution in [3.63, 3.8) is 0 Å². The van der Waals surface area contributed by atoms with E-state index in [4.69, 9.17) is 0 Å². The van der Waals surface area contributed by atoms with Gasteiger partial charge in [0.2, 0.25) is 15.9 Å². The van der Waals surface area contributed by atoms with Crippen molar-refractivity contribution < 1.29 is 13.2 Å². The average Bonchev–Trinajstić information content (AvgIpc) is 2.48. The summed E-state index contributed by atoms with van der Waals surface area (Å²) in [7, 11) is -3.60. The topological polar surface area (TPSA) is 75.3 Å². The first-order chi connectivity index (χ1) is 10.8. The average molecular weight is 332 g/mol. The number of sulfonamides is 1. The molecule has 0 aliphatic heterocycles. The quantitative estimate of drug-likeness (QED) is 0.884. The van der Waals surface area contributed by atoms with Gasteiger partial charge in [-0.25, -0.2) is 13.1 Å². The Morgan fingerprint density at radius 3 is 2.30 bits per heavy atom. The molecule has 0 aliphatic carbocycles. The van der Waals surface area contributed by atoms with Crippen LogP contribution in [0.15, 0.2) is 47.4 Å². The number of benzene rings is 2. The Hall–Kier alpha value is -2.18. The monoisotopic (exact) mass is 332 g/mol. The van der Waals surface area contributed by atoms with Crippen LogP contribution in [0.2, 0.25) is 0 Å². The number of anilines is 1. The van der Waals surface area contributed by atoms with Gasteiger partial charge in [0.25, 0.3) is 0 Å². The zero-order valence-electron chi connectivity index (χ0n) is 13.4. The molecular formula is C17H20N2O3S. The van der Waals surface area contributed by atoms with E-state index in [9.17, 15) is 13.2 Å². The normalized spacial score (nSPS) is 11.3. The van der Waals surface area contributed by atoms with Gasteiger partial charge in [0.15, 0.2) is 0 Å². The molecule has 23 heavy (non-hydrogen) atoms. The Morgan fingerprint density at radius 2 is 1.70 bits per heavy atom. The fraction of sp³-hybridized carbons (Fsp3) is 0.235. The van der Waals surface area contributed by atoms with Crippen molar-refractivity contribution in [1.29, 1.82) is 0 Å². The number of aryl methyl sites for hydroxylation is 2. The summed E-state index contributed by atoms with van der Waals surface area (Å²) >= 11 is 0. The first-order valence-corrected chi connectivity index (χ1v) is 8.70. The maximum Gasteiger partial charge on any atom is 0.240 e. The van der Waals surface area contributed by atoms with Crippen LogP contribution in [0.3, 0.4) is 0 Å². The molecule has 0 atom stereocenters. The fourth-order valence-electron chi connectivity index (χ4n) is 2.17. The van der Waals surface area contributed by atoms with Crippen LogP contribution in [0.4, 0.5) is 5.69 Å². The molecular weight excluding hydrogens is 312 g/mol. The molecule has 2 aromatic rings. The number of nitrogens with one attached hydrogen (secondary N) is 2. The second kappa shape index (κ2) is 6.93. The van der Waals surface area contributed by atoms with E-state index in [1.807, 2.05) is 32.0 Å². The highest BCUT2D eigenvalue weighted by atomic mass is 32.2. The van der Waals surface area contributed by atoms with Gasteiger partial charge in [-0.2, -0.15) is 0 Å². The van der Waals surface area contributed by atoms with Crippen LogP contribution in [0.1, 0.15) is 23.6 Å². The zero-order valence-corrected chi connectivity index (χ0v) is 14.2. The number of hydrogen-bond acceptors (Lipinski definition) is 3. The second-order valence-electron chi connectivity index (χ2n) is 5.46. The van der Waals surface area contributed by atoms with Crippen LogP contribution in [0, 0.1) is 13.8 Å². The predicted molar refractivity (Wildman–Crippen MR) is 90.7 cm³/mol. The summed E-state index contributed by atoms with van der Waals surface area (Å²) in [6.07, 6.45) is 0. The van der Waals surface area contributed by atoms with Gasteiger partial charge in [0.05, 0.1) is 4.90 Å². The summed E-state index contributed by atoms with van der Waals surface area (Å²) in [6, 6.07) is 12.0. The van der Waals surface area contributed by atoms with E-state index in [1.54, 1.807) is 12.1 Å². The molecule has 0 spiro atoms. The van der Waals surface area contributed by atoms with E-state index in [2.05, 4.69) is 10.0 Å². The minimum absolute atomic E-state index is 0.164. The first-order valence-electron chi connectivity index (χ1n) is 7.21. The molecule has 5 nitrogen and oxygen atoms in total. The highest BCUT2D eigenvalue weighted by Gasteiger charge is 2.14. The van der Waals surface area contributed by atoms with Crippen LogP contribution in [0.25, 0.3) is 0 Å². The van der Waals surface area contributed by atoms with Crippen molar-refractivity contribution in [3.8, 4) is 0 Å². The minimum Gasteiger partial charge on any atom is -0.326 e. The van der Waals surface area contributed by atoms with Gasteiger partial charge in [-0.1, -0.05) is 23.8 Å². The van der Waals surface area contributed by atoms with Gasteiger partial charge in [0, 0.05) is 19.2 Å². The Bertz CT molecular complexity index is 812. The van der Waals surface area contributed by atoms with E-state index in [-0.39, 0.29) is 17.3 Å². The van der Waals surface area contributed by atoms with Crippen molar-refractivity contribution in [2.75, 3.05) is 5.32 Å². The summed E-state index contributed by atoms with van der Waals surface area (Å²) in [5.74, 6) is -0.200. The van der Waals surface area contributed by atoms with Gasteiger partial charge >= 0.3 is 0 Å². The molecule has 0 bridgehead atoms. The van der Waals surface area contributed by atoms with E-state index >= 15 is 0 Å². The van der Waals surface area contributed by atoms with Crippen LogP contribution in [-0.4, -0.2) is 14.3 Å². The maximum atomic E-state index is 12.3. The Morgan fingerprint density at radius 1 is 1.04 bits per heavy atom. The van der Waals surface area contributed by atoms with Crippen molar-refractivity contribution in [2.45, 2.75) is 32.2 Å². The molecule has 0 saturated carbocycles. The van der Waals surface area contributed by atoms with Gasteiger partial charge in [-0.15, -0.1) is 0 Å². The largest absolute Gasteiger partial charge is 0.326 e. The van der Waals surface area contributed by atoms with Crippen molar-refractivity contribution in [3.05, 3.63) is 59.2 Å². The minimum atomic E-state index is -3.60. The Kier molecular flexibility index (Phi) is 5.18. The molecule has 0 aliphatic rings. The first kappa shape index (κ1) is 17.2. The Balaban J connectivity index is 2.12. The van der Waals surface area contributed by atoms with Crippen LogP contribution < -0.4 is 10.0 Å².